The molecule has 0 radical (unpaired) electrons. The van der Waals surface area contributed by atoms with Crippen molar-refractivity contribution in [3.05, 3.63) is 59.4 Å². The Kier molecular flexibility index (Phi) is 3.64. The van der Waals surface area contributed by atoms with E-state index in [1.165, 1.54) is 12.1 Å². The summed E-state index contributed by atoms with van der Waals surface area (Å²) in [6.45, 7) is 1.65. The Hall–Kier alpha value is -2.17. The van der Waals surface area contributed by atoms with Gasteiger partial charge in [-0.25, -0.2) is 13.2 Å². The lowest BCUT2D eigenvalue weighted by atomic mass is 10.1. The highest BCUT2D eigenvalue weighted by molar-refractivity contribution is 5.48. The van der Waals surface area contributed by atoms with Gasteiger partial charge in [0.15, 0.2) is 0 Å². The number of halogens is 3. The fraction of sp³-hybridized carbons (Fsp3) is 0.143. The molecule has 1 atom stereocenters. The molecule has 5 heteroatoms. The maximum absolute atomic E-state index is 13.1. The summed E-state index contributed by atoms with van der Waals surface area (Å²) in [5.41, 5.74) is 0.526. The van der Waals surface area contributed by atoms with Gasteiger partial charge in [0.05, 0.1) is 6.04 Å². The van der Waals surface area contributed by atoms with Gasteiger partial charge in [0, 0.05) is 17.3 Å². The highest BCUT2D eigenvalue weighted by Gasteiger charge is 2.12. The summed E-state index contributed by atoms with van der Waals surface area (Å²) in [7, 11) is 0. The average Bonchev–Trinajstić information content (AvgIpc) is 2.30. The summed E-state index contributed by atoms with van der Waals surface area (Å²) < 4.78 is 39.2. The van der Waals surface area contributed by atoms with Gasteiger partial charge in [-0.2, -0.15) is 0 Å². The van der Waals surface area contributed by atoms with Crippen LogP contribution in [0.5, 0.6) is 5.75 Å². The predicted molar refractivity (Wildman–Crippen MR) is 66.5 cm³/mol. The molecule has 0 spiro atoms. The third-order valence-corrected chi connectivity index (χ3v) is 2.70. The van der Waals surface area contributed by atoms with Crippen molar-refractivity contribution in [2.75, 3.05) is 5.32 Å². The number of benzene rings is 2. The van der Waals surface area contributed by atoms with E-state index >= 15 is 0 Å². The van der Waals surface area contributed by atoms with E-state index in [2.05, 4.69) is 5.32 Å². The summed E-state index contributed by atoms with van der Waals surface area (Å²) in [5, 5.41) is 12.4. The maximum Gasteiger partial charge on any atom is 0.128 e. The Morgan fingerprint density at radius 3 is 2.21 bits per heavy atom. The Morgan fingerprint density at radius 1 is 0.947 bits per heavy atom. The Morgan fingerprint density at radius 2 is 1.58 bits per heavy atom. The summed E-state index contributed by atoms with van der Waals surface area (Å²) in [6.07, 6.45) is 0. The van der Waals surface area contributed by atoms with Gasteiger partial charge in [-0.3, -0.25) is 0 Å². The van der Waals surface area contributed by atoms with Crippen molar-refractivity contribution in [1.82, 2.24) is 0 Å². The van der Waals surface area contributed by atoms with Gasteiger partial charge in [0.25, 0.3) is 0 Å². The molecular weight excluding hydrogens is 255 g/mol. The first-order valence-corrected chi connectivity index (χ1v) is 5.67. The van der Waals surface area contributed by atoms with Crippen molar-refractivity contribution in [2.45, 2.75) is 13.0 Å². The molecule has 2 aromatic rings. The van der Waals surface area contributed by atoms with E-state index in [1.807, 2.05) is 0 Å². The first-order chi connectivity index (χ1) is 8.95. The molecule has 0 fully saturated rings. The molecule has 100 valence electrons. The Labute approximate surface area is 108 Å². The molecule has 2 N–H and O–H groups in total. The highest BCUT2D eigenvalue weighted by atomic mass is 19.1. The first kappa shape index (κ1) is 13.3. The van der Waals surface area contributed by atoms with E-state index in [0.717, 1.165) is 24.3 Å². The zero-order chi connectivity index (χ0) is 14.0. The Balaban J connectivity index is 2.25. The summed E-state index contributed by atoms with van der Waals surface area (Å²) in [5.74, 6) is -2.00. The molecule has 2 aromatic carbocycles. The van der Waals surface area contributed by atoms with Gasteiger partial charge in [-0.05, 0) is 37.3 Å². The lowest BCUT2D eigenvalue weighted by molar-refractivity contribution is 0.462. The Bertz CT molecular complexity index is 581. The molecule has 0 bridgehead atoms. The molecule has 0 aromatic heterocycles. The minimum absolute atomic E-state index is 0.0849. The minimum Gasteiger partial charge on any atom is -0.508 e. The first-order valence-electron chi connectivity index (χ1n) is 5.67. The van der Waals surface area contributed by atoms with Crippen LogP contribution in [0, 0.1) is 17.5 Å². The van der Waals surface area contributed by atoms with Crippen LogP contribution in [0.2, 0.25) is 0 Å². The monoisotopic (exact) mass is 267 g/mol. The number of nitrogens with one attached hydrogen (secondary N) is 1. The lowest BCUT2D eigenvalue weighted by Crippen LogP contribution is -2.07. The largest absolute Gasteiger partial charge is 0.508 e. The topological polar surface area (TPSA) is 32.3 Å². The van der Waals surface area contributed by atoms with Crippen LogP contribution in [0.15, 0.2) is 36.4 Å². The van der Waals surface area contributed by atoms with Crippen LogP contribution in [0.4, 0.5) is 18.9 Å². The second-order valence-electron chi connectivity index (χ2n) is 4.23. The summed E-state index contributed by atoms with van der Waals surface area (Å²) >= 11 is 0. The second kappa shape index (κ2) is 5.22. The van der Waals surface area contributed by atoms with E-state index in [-0.39, 0.29) is 11.4 Å². The zero-order valence-corrected chi connectivity index (χ0v) is 10.1. The van der Waals surface area contributed by atoms with Crippen LogP contribution in [0.3, 0.4) is 0 Å². The van der Waals surface area contributed by atoms with Crippen LogP contribution >= 0.6 is 0 Å². The molecule has 1 unspecified atom stereocenters. The SMILES string of the molecule is CC(Nc1cc(F)cc(F)c1)c1cc(F)ccc1O. The average molecular weight is 267 g/mol. The van der Waals surface area contributed by atoms with Crippen molar-refractivity contribution >= 4 is 5.69 Å². The third-order valence-electron chi connectivity index (χ3n) is 2.70. The molecule has 0 aliphatic carbocycles. The number of rotatable bonds is 3. The normalized spacial score (nSPS) is 12.2. The molecule has 2 rings (SSSR count). The number of phenolic OH excluding ortho intramolecular Hbond substituents is 1. The smallest absolute Gasteiger partial charge is 0.128 e. The molecule has 2 nitrogen and oxygen atoms in total. The van der Waals surface area contributed by atoms with Crippen LogP contribution in [-0.2, 0) is 0 Å². The number of phenols is 1. The fourth-order valence-corrected chi connectivity index (χ4v) is 1.84. The molecule has 0 saturated heterocycles. The van der Waals surface area contributed by atoms with E-state index in [9.17, 15) is 18.3 Å². The van der Waals surface area contributed by atoms with Gasteiger partial charge < -0.3 is 10.4 Å². The standard InChI is InChI=1S/C14H12F3NO/c1-8(13-7-9(15)2-3-14(13)19)18-12-5-10(16)4-11(17)6-12/h2-8,18-19H,1H3. The molecule has 0 aliphatic heterocycles. The molecular formula is C14H12F3NO. The third kappa shape index (κ3) is 3.19. The number of aromatic hydroxyl groups is 1. The predicted octanol–water partition coefficient (Wildman–Crippen LogP) is 3.98. The van der Waals surface area contributed by atoms with Crippen LogP contribution in [0.1, 0.15) is 18.5 Å². The summed E-state index contributed by atoms with van der Waals surface area (Å²) in [4.78, 5) is 0. The molecule has 19 heavy (non-hydrogen) atoms. The van der Waals surface area contributed by atoms with Gasteiger partial charge in [-0.15, -0.1) is 0 Å². The van der Waals surface area contributed by atoms with Crippen molar-refractivity contribution in [1.29, 1.82) is 0 Å². The van der Waals surface area contributed by atoms with Crippen LogP contribution in [0.25, 0.3) is 0 Å². The highest BCUT2D eigenvalue weighted by Crippen LogP contribution is 2.28. The number of anilines is 1. The molecule has 0 saturated carbocycles. The number of hydrogen-bond acceptors (Lipinski definition) is 2. The van der Waals surface area contributed by atoms with E-state index < -0.39 is 23.5 Å². The van der Waals surface area contributed by atoms with Crippen molar-refractivity contribution in [2.24, 2.45) is 0 Å². The van der Waals surface area contributed by atoms with E-state index in [0.29, 0.717) is 5.56 Å². The minimum atomic E-state index is -0.710. The van der Waals surface area contributed by atoms with E-state index in [4.69, 9.17) is 0 Å². The molecule has 0 heterocycles. The second-order valence-corrected chi connectivity index (χ2v) is 4.23. The van der Waals surface area contributed by atoms with Gasteiger partial charge >= 0.3 is 0 Å². The summed E-state index contributed by atoms with van der Waals surface area (Å²) in [6, 6.07) is 6.03. The van der Waals surface area contributed by atoms with E-state index in [1.54, 1.807) is 6.92 Å². The number of hydrogen-bond donors (Lipinski definition) is 2. The van der Waals surface area contributed by atoms with Crippen molar-refractivity contribution in [3.8, 4) is 5.75 Å². The van der Waals surface area contributed by atoms with Gasteiger partial charge in [0.1, 0.15) is 23.2 Å². The van der Waals surface area contributed by atoms with Gasteiger partial charge in [0.2, 0.25) is 0 Å². The van der Waals surface area contributed by atoms with Gasteiger partial charge in [-0.1, -0.05) is 0 Å². The van der Waals surface area contributed by atoms with Crippen molar-refractivity contribution in [3.63, 3.8) is 0 Å². The molecule has 0 aliphatic rings. The van der Waals surface area contributed by atoms with Crippen molar-refractivity contribution < 1.29 is 18.3 Å². The zero-order valence-electron chi connectivity index (χ0n) is 10.1. The molecule has 0 amide bonds. The fourth-order valence-electron chi connectivity index (χ4n) is 1.84. The lowest BCUT2D eigenvalue weighted by Gasteiger charge is -2.17. The van der Waals surface area contributed by atoms with Crippen LogP contribution < -0.4 is 5.32 Å². The maximum atomic E-state index is 13.1. The quantitative estimate of drug-likeness (QED) is 0.881. The van der Waals surface area contributed by atoms with Crippen LogP contribution in [-0.4, -0.2) is 5.11 Å².